The van der Waals surface area contributed by atoms with E-state index in [1.807, 2.05) is 0 Å². The average molecular weight is 415 g/mol. The molecule has 0 amide bonds. The van der Waals surface area contributed by atoms with Crippen molar-refractivity contribution in [2.75, 3.05) is 7.11 Å². The van der Waals surface area contributed by atoms with Crippen molar-refractivity contribution in [3.63, 3.8) is 0 Å². The van der Waals surface area contributed by atoms with E-state index in [9.17, 15) is 20.0 Å². The Hall–Kier alpha value is -4.46. The highest BCUT2D eigenvalue weighted by atomic mass is 16.6. The quantitative estimate of drug-likeness (QED) is 0.387. The van der Waals surface area contributed by atoms with Crippen molar-refractivity contribution < 1.29 is 14.8 Å². The second kappa shape index (κ2) is 8.11. The molecule has 0 fully saturated rings. The van der Waals surface area contributed by atoms with E-state index in [1.54, 1.807) is 54.6 Å². The molecule has 0 atom stereocenters. The second-order valence-electron chi connectivity index (χ2n) is 6.67. The Morgan fingerprint density at radius 3 is 2.65 bits per heavy atom. The van der Waals surface area contributed by atoms with E-state index in [2.05, 4.69) is 4.98 Å². The summed E-state index contributed by atoms with van der Waals surface area (Å²) in [6.45, 7) is 0. The van der Waals surface area contributed by atoms with Crippen molar-refractivity contribution in [3.05, 3.63) is 98.6 Å². The van der Waals surface area contributed by atoms with Crippen molar-refractivity contribution >= 4 is 28.7 Å². The van der Waals surface area contributed by atoms with Gasteiger partial charge >= 0.3 is 0 Å². The van der Waals surface area contributed by atoms with Gasteiger partial charge in [0, 0.05) is 12.1 Å². The predicted molar refractivity (Wildman–Crippen MR) is 118 cm³/mol. The molecule has 3 aromatic carbocycles. The molecule has 8 heteroatoms. The molecular formula is C23H17N3O5. The van der Waals surface area contributed by atoms with Crippen LogP contribution in [0.2, 0.25) is 0 Å². The molecule has 0 aliphatic heterocycles. The molecule has 4 aromatic rings. The molecule has 31 heavy (non-hydrogen) atoms. The molecule has 1 aromatic heterocycles. The Kier molecular flexibility index (Phi) is 5.19. The van der Waals surface area contributed by atoms with Gasteiger partial charge in [0.25, 0.3) is 11.2 Å². The number of nitrogens with zero attached hydrogens (tertiary/aromatic N) is 3. The van der Waals surface area contributed by atoms with Crippen molar-refractivity contribution in [2.24, 2.45) is 0 Å². The van der Waals surface area contributed by atoms with Gasteiger partial charge in [-0.05, 0) is 42.0 Å². The topological polar surface area (TPSA) is 107 Å². The van der Waals surface area contributed by atoms with Crippen LogP contribution in [-0.4, -0.2) is 26.7 Å². The van der Waals surface area contributed by atoms with Crippen molar-refractivity contribution in [1.82, 2.24) is 9.55 Å². The minimum absolute atomic E-state index is 0.0111. The molecule has 4 rings (SSSR count). The molecule has 0 aliphatic rings. The monoisotopic (exact) mass is 415 g/mol. The van der Waals surface area contributed by atoms with Crippen LogP contribution >= 0.6 is 0 Å². The Morgan fingerprint density at radius 1 is 1.06 bits per heavy atom. The molecular weight excluding hydrogens is 398 g/mol. The van der Waals surface area contributed by atoms with Gasteiger partial charge in [-0.1, -0.05) is 30.3 Å². The zero-order valence-electron chi connectivity index (χ0n) is 16.4. The zero-order chi connectivity index (χ0) is 22.0. The lowest BCUT2D eigenvalue weighted by Gasteiger charge is -2.11. The van der Waals surface area contributed by atoms with Crippen LogP contribution in [0.4, 0.5) is 5.69 Å². The number of non-ortho nitro benzene ring substituents is 1. The summed E-state index contributed by atoms with van der Waals surface area (Å²) >= 11 is 0. The molecule has 0 radical (unpaired) electrons. The minimum Gasteiger partial charge on any atom is -0.504 e. The van der Waals surface area contributed by atoms with Gasteiger partial charge in [0.1, 0.15) is 5.82 Å². The molecule has 154 valence electrons. The summed E-state index contributed by atoms with van der Waals surface area (Å²) in [6, 6.07) is 17.6. The molecule has 0 bridgehead atoms. The lowest BCUT2D eigenvalue weighted by Crippen LogP contribution is -2.22. The van der Waals surface area contributed by atoms with Crippen LogP contribution < -0.4 is 10.3 Å². The van der Waals surface area contributed by atoms with Crippen LogP contribution in [-0.2, 0) is 0 Å². The highest BCUT2D eigenvalue weighted by Crippen LogP contribution is 2.27. The highest BCUT2D eigenvalue weighted by molar-refractivity contribution is 5.80. The van der Waals surface area contributed by atoms with E-state index in [-0.39, 0.29) is 17.0 Å². The van der Waals surface area contributed by atoms with E-state index in [1.165, 1.54) is 35.9 Å². The lowest BCUT2D eigenvalue weighted by atomic mass is 10.1. The summed E-state index contributed by atoms with van der Waals surface area (Å²) in [7, 11) is 1.45. The van der Waals surface area contributed by atoms with Crippen molar-refractivity contribution in [2.45, 2.75) is 0 Å². The van der Waals surface area contributed by atoms with Crippen LogP contribution in [0.25, 0.3) is 28.7 Å². The second-order valence-corrected chi connectivity index (χ2v) is 6.67. The van der Waals surface area contributed by atoms with E-state index in [0.29, 0.717) is 33.7 Å². The van der Waals surface area contributed by atoms with Gasteiger partial charge in [-0.15, -0.1) is 0 Å². The van der Waals surface area contributed by atoms with Gasteiger partial charge < -0.3 is 9.84 Å². The number of hydrogen-bond donors (Lipinski definition) is 1. The number of aromatic nitrogens is 2. The number of phenolic OH excluding ortho intramolecular Hbond substituents is 1. The fraction of sp³-hybridized carbons (Fsp3) is 0.0435. The van der Waals surface area contributed by atoms with Crippen LogP contribution in [0.5, 0.6) is 11.5 Å². The van der Waals surface area contributed by atoms with Gasteiger partial charge in [-0.3, -0.25) is 19.5 Å². The number of benzene rings is 3. The first-order chi connectivity index (χ1) is 15.0. The van der Waals surface area contributed by atoms with Gasteiger partial charge in [0.15, 0.2) is 11.5 Å². The Balaban J connectivity index is 1.92. The first-order valence-electron chi connectivity index (χ1n) is 9.29. The Bertz CT molecular complexity index is 1390. The first-order valence-corrected chi connectivity index (χ1v) is 9.29. The molecule has 0 aliphatic carbocycles. The Morgan fingerprint density at radius 2 is 1.87 bits per heavy atom. The Labute approximate surface area is 176 Å². The summed E-state index contributed by atoms with van der Waals surface area (Å²) in [5.41, 5.74) is 1.09. The van der Waals surface area contributed by atoms with Gasteiger partial charge in [-0.25, -0.2) is 4.98 Å². The third-order valence-electron chi connectivity index (χ3n) is 4.73. The third kappa shape index (κ3) is 3.86. The number of methoxy groups -OCH3 is 1. The predicted octanol–water partition coefficient (Wildman–Crippen LogP) is 4.18. The zero-order valence-corrected chi connectivity index (χ0v) is 16.4. The van der Waals surface area contributed by atoms with Gasteiger partial charge in [0.2, 0.25) is 0 Å². The number of phenols is 1. The van der Waals surface area contributed by atoms with Crippen LogP contribution in [0.15, 0.2) is 71.5 Å². The van der Waals surface area contributed by atoms with Crippen LogP contribution in [0, 0.1) is 10.1 Å². The molecule has 0 spiro atoms. The number of hydrogen-bond acceptors (Lipinski definition) is 6. The number of nitro groups is 1. The largest absolute Gasteiger partial charge is 0.504 e. The van der Waals surface area contributed by atoms with Crippen molar-refractivity contribution in [3.8, 4) is 17.2 Å². The van der Waals surface area contributed by atoms with Gasteiger partial charge in [0.05, 0.1) is 28.6 Å². The first kappa shape index (κ1) is 19.8. The summed E-state index contributed by atoms with van der Waals surface area (Å²) in [6.07, 6.45) is 3.35. The average Bonchev–Trinajstić information content (AvgIpc) is 2.78. The molecule has 0 saturated carbocycles. The highest BCUT2D eigenvalue weighted by Gasteiger charge is 2.14. The fourth-order valence-electron chi connectivity index (χ4n) is 3.23. The normalized spacial score (nSPS) is 11.1. The van der Waals surface area contributed by atoms with E-state index in [4.69, 9.17) is 4.74 Å². The SMILES string of the molecule is COc1cc(C=Cc2nc3ccccc3c(=O)n2-c2cccc([N+](=O)[O-])c2)ccc1O. The number of rotatable bonds is 5. The van der Waals surface area contributed by atoms with Crippen LogP contribution in [0.1, 0.15) is 11.4 Å². The van der Waals surface area contributed by atoms with Gasteiger partial charge in [-0.2, -0.15) is 0 Å². The van der Waals surface area contributed by atoms with Crippen molar-refractivity contribution in [1.29, 1.82) is 0 Å². The standard InChI is InChI=1S/C23H17N3O5/c1-31-21-13-15(9-11-20(21)27)10-12-22-24-19-8-3-2-7-18(19)23(28)25(22)16-5-4-6-17(14-16)26(29)30/h2-14,27H,1H3. The minimum atomic E-state index is -0.513. The smallest absolute Gasteiger partial charge is 0.271 e. The summed E-state index contributed by atoms with van der Waals surface area (Å²) in [5.74, 6) is 0.623. The number of nitro benzene ring substituents is 1. The van der Waals surface area contributed by atoms with E-state index >= 15 is 0 Å². The maximum absolute atomic E-state index is 13.3. The maximum atomic E-state index is 13.3. The molecule has 0 saturated heterocycles. The molecule has 0 unspecified atom stereocenters. The van der Waals surface area contributed by atoms with E-state index in [0.717, 1.165) is 0 Å². The molecule has 8 nitrogen and oxygen atoms in total. The lowest BCUT2D eigenvalue weighted by molar-refractivity contribution is -0.384. The third-order valence-corrected chi connectivity index (χ3v) is 4.73. The number of para-hydroxylation sites is 1. The molecule has 1 heterocycles. The number of fused-ring (bicyclic) bond motifs is 1. The fourth-order valence-corrected chi connectivity index (χ4v) is 3.23. The molecule has 1 N–H and O–H groups in total. The summed E-state index contributed by atoms with van der Waals surface area (Å²) < 4.78 is 6.46. The van der Waals surface area contributed by atoms with Crippen LogP contribution in [0.3, 0.4) is 0 Å². The number of ether oxygens (including phenoxy) is 1. The number of aromatic hydroxyl groups is 1. The maximum Gasteiger partial charge on any atom is 0.271 e. The van der Waals surface area contributed by atoms with E-state index < -0.39 is 4.92 Å². The summed E-state index contributed by atoms with van der Waals surface area (Å²) in [4.78, 5) is 28.6. The summed E-state index contributed by atoms with van der Waals surface area (Å²) in [5, 5.41) is 21.4.